The molecule has 3 rings (SSSR count). The molecule has 0 saturated heterocycles. The third-order valence-corrected chi connectivity index (χ3v) is 2.73. The zero-order chi connectivity index (χ0) is 14.7. The van der Waals surface area contributed by atoms with Gasteiger partial charge >= 0.3 is 11.8 Å². The summed E-state index contributed by atoms with van der Waals surface area (Å²) < 4.78 is 23.8. The van der Waals surface area contributed by atoms with Crippen molar-refractivity contribution in [1.29, 1.82) is 0 Å². The molecule has 6 nitrogen and oxygen atoms in total. The SMILES string of the molecule is O=C(NCc1ccco1)c1nnc(-c2ccccc2F)o1. The summed E-state index contributed by atoms with van der Waals surface area (Å²) in [7, 11) is 0. The molecule has 1 aromatic carbocycles. The minimum atomic E-state index is -0.554. The maximum Gasteiger partial charge on any atom is 0.309 e. The molecular weight excluding hydrogens is 277 g/mol. The summed E-state index contributed by atoms with van der Waals surface area (Å²) in [6, 6.07) is 9.39. The Bertz CT molecular complexity index is 752. The lowest BCUT2D eigenvalue weighted by Gasteiger charge is -1.98. The number of halogens is 1. The van der Waals surface area contributed by atoms with E-state index in [9.17, 15) is 9.18 Å². The van der Waals surface area contributed by atoms with Gasteiger partial charge in [0.15, 0.2) is 0 Å². The number of furan rings is 1. The Labute approximate surface area is 118 Å². The predicted molar refractivity (Wildman–Crippen MR) is 69.6 cm³/mol. The van der Waals surface area contributed by atoms with Gasteiger partial charge in [-0.3, -0.25) is 4.79 Å². The van der Waals surface area contributed by atoms with Gasteiger partial charge in [-0.05, 0) is 24.3 Å². The van der Waals surface area contributed by atoms with Gasteiger partial charge in [-0.2, -0.15) is 0 Å². The lowest BCUT2D eigenvalue weighted by molar-refractivity contribution is 0.0914. The first kappa shape index (κ1) is 13.0. The fourth-order valence-corrected chi connectivity index (χ4v) is 1.71. The summed E-state index contributed by atoms with van der Waals surface area (Å²) in [5.74, 6) is -0.738. The number of rotatable bonds is 4. The van der Waals surface area contributed by atoms with E-state index in [1.807, 2.05) is 0 Å². The van der Waals surface area contributed by atoms with E-state index in [-0.39, 0.29) is 23.9 Å². The number of carbonyl (C=O) groups is 1. The van der Waals surface area contributed by atoms with Gasteiger partial charge < -0.3 is 14.2 Å². The molecule has 0 saturated carbocycles. The standard InChI is InChI=1S/C14H10FN3O3/c15-11-6-2-1-5-10(11)13-17-18-14(21-13)12(19)16-8-9-4-3-7-20-9/h1-7H,8H2,(H,16,19). The van der Waals surface area contributed by atoms with Gasteiger partial charge in [0, 0.05) is 0 Å². The summed E-state index contributed by atoms with van der Waals surface area (Å²) in [4.78, 5) is 11.8. The van der Waals surface area contributed by atoms with Crippen LogP contribution in [0.2, 0.25) is 0 Å². The summed E-state index contributed by atoms with van der Waals surface area (Å²) >= 11 is 0. The van der Waals surface area contributed by atoms with Gasteiger partial charge in [-0.25, -0.2) is 4.39 Å². The molecular formula is C14H10FN3O3. The molecule has 0 radical (unpaired) electrons. The number of aromatic nitrogens is 2. The van der Waals surface area contributed by atoms with Crippen LogP contribution >= 0.6 is 0 Å². The quantitative estimate of drug-likeness (QED) is 0.796. The van der Waals surface area contributed by atoms with Gasteiger partial charge in [0.2, 0.25) is 0 Å². The number of hydrogen-bond acceptors (Lipinski definition) is 5. The zero-order valence-corrected chi connectivity index (χ0v) is 10.7. The Kier molecular flexibility index (Phi) is 3.46. The Morgan fingerprint density at radius 2 is 2.05 bits per heavy atom. The highest BCUT2D eigenvalue weighted by atomic mass is 19.1. The molecule has 2 heterocycles. The van der Waals surface area contributed by atoms with E-state index in [4.69, 9.17) is 8.83 Å². The number of nitrogens with one attached hydrogen (secondary N) is 1. The van der Waals surface area contributed by atoms with Crippen LogP contribution in [0.4, 0.5) is 4.39 Å². The minimum absolute atomic E-state index is 0.0451. The Morgan fingerprint density at radius 1 is 1.19 bits per heavy atom. The average molecular weight is 287 g/mol. The van der Waals surface area contributed by atoms with E-state index >= 15 is 0 Å². The fourth-order valence-electron chi connectivity index (χ4n) is 1.71. The highest BCUT2D eigenvalue weighted by molar-refractivity contribution is 5.89. The second-order valence-corrected chi connectivity index (χ2v) is 4.15. The molecule has 0 unspecified atom stereocenters. The van der Waals surface area contributed by atoms with Gasteiger partial charge in [-0.15, -0.1) is 10.2 Å². The van der Waals surface area contributed by atoms with Crippen molar-refractivity contribution in [2.75, 3.05) is 0 Å². The monoisotopic (exact) mass is 287 g/mol. The Hall–Kier alpha value is -2.96. The zero-order valence-electron chi connectivity index (χ0n) is 10.7. The van der Waals surface area contributed by atoms with E-state index in [0.29, 0.717) is 5.76 Å². The summed E-state index contributed by atoms with van der Waals surface area (Å²) in [6.07, 6.45) is 1.50. The van der Waals surface area contributed by atoms with E-state index < -0.39 is 11.7 Å². The van der Waals surface area contributed by atoms with Gasteiger partial charge in [0.1, 0.15) is 11.6 Å². The molecule has 0 aliphatic carbocycles. The molecule has 2 aromatic heterocycles. The first-order chi connectivity index (χ1) is 10.2. The molecule has 0 atom stereocenters. The maximum absolute atomic E-state index is 13.6. The molecule has 0 aliphatic rings. The van der Waals surface area contributed by atoms with E-state index in [1.165, 1.54) is 18.4 Å². The largest absolute Gasteiger partial charge is 0.467 e. The van der Waals surface area contributed by atoms with Crippen molar-refractivity contribution in [3.8, 4) is 11.5 Å². The first-order valence-corrected chi connectivity index (χ1v) is 6.13. The highest BCUT2D eigenvalue weighted by Gasteiger charge is 2.17. The summed E-state index contributed by atoms with van der Waals surface area (Å²) in [6.45, 7) is 0.198. The van der Waals surface area contributed by atoms with Crippen LogP contribution in [0.3, 0.4) is 0 Å². The van der Waals surface area contributed by atoms with Crippen molar-refractivity contribution in [2.24, 2.45) is 0 Å². The molecule has 21 heavy (non-hydrogen) atoms. The van der Waals surface area contributed by atoms with Crippen LogP contribution in [0.1, 0.15) is 16.4 Å². The van der Waals surface area contributed by atoms with Crippen LogP contribution in [0.25, 0.3) is 11.5 Å². The average Bonchev–Trinajstić information content (AvgIpc) is 3.17. The van der Waals surface area contributed by atoms with Crippen LogP contribution in [0.15, 0.2) is 51.5 Å². The number of nitrogens with zero attached hydrogens (tertiary/aromatic N) is 2. The van der Waals surface area contributed by atoms with Crippen LogP contribution in [-0.4, -0.2) is 16.1 Å². The second-order valence-electron chi connectivity index (χ2n) is 4.15. The number of hydrogen-bond donors (Lipinski definition) is 1. The topological polar surface area (TPSA) is 81.2 Å². The molecule has 7 heteroatoms. The molecule has 106 valence electrons. The van der Waals surface area contributed by atoms with Crippen molar-refractivity contribution < 1.29 is 18.0 Å². The highest BCUT2D eigenvalue weighted by Crippen LogP contribution is 2.20. The molecule has 1 N–H and O–H groups in total. The van der Waals surface area contributed by atoms with Crippen LogP contribution in [-0.2, 0) is 6.54 Å². The molecule has 0 aliphatic heterocycles. The second kappa shape index (κ2) is 5.58. The lowest BCUT2D eigenvalue weighted by atomic mass is 10.2. The Morgan fingerprint density at radius 3 is 2.81 bits per heavy atom. The van der Waals surface area contributed by atoms with Crippen molar-refractivity contribution in [1.82, 2.24) is 15.5 Å². The fraction of sp³-hybridized carbons (Fsp3) is 0.0714. The van der Waals surface area contributed by atoms with Gasteiger partial charge in [0.25, 0.3) is 5.89 Å². The summed E-state index contributed by atoms with van der Waals surface area (Å²) in [5, 5.41) is 9.84. The Balaban J connectivity index is 1.73. The molecule has 0 bridgehead atoms. The van der Waals surface area contributed by atoms with Crippen LogP contribution < -0.4 is 5.32 Å². The predicted octanol–water partition coefficient (Wildman–Crippen LogP) is 2.40. The normalized spacial score (nSPS) is 10.5. The molecule has 1 amide bonds. The third-order valence-electron chi connectivity index (χ3n) is 2.73. The third kappa shape index (κ3) is 2.81. The van der Waals surface area contributed by atoms with E-state index in [2.05, 4.69) is 15.5 Å². The smallest absolute Gasteiger partial charge is 0.309 e. The van der Waals surface area contributed by atoms with Gasteiger partial charge in [0.05, 0.1) is 18.4 Å². The van der Waals surface area contributed by atoms with Crippen molar-refractivity contribution in [2.45, 2.75) is 6.54 Å². The minimum Gasteiger partial charge on any atom is -0.467 e. The van der Waals surface area contributed by atoms with Crippen LogP contribution in [0.5, 0.6) is 0 Å². The number of carbonyl (C=O) groups excluding carboxylic acids is 1. The molecule has 3 aromatic rings. The summed E-state index contributed by atoms with van der Waals surface area (Å²) in [5.41, 5.74) is 0.148. The maximum atomic E-state index is 13.6. The van der Waals surface area contributed by atoms with Crippen molar-refractivity contribution in [3.05, 3.63) is 60.1 Å². The number of benzene rings is 1. The van der Waals surface area contributed by atoms with Gasteiger partial charge in [-0.1, -0.05) is 12.1 Å². The molecule has 0 spiro atoms. The van der Waals surface area contributed by atoms with E-state index in [1.54, 1.807) is 24.3 Å². The lowest BCUT2D eigenvalue weighted by Crippen LogP contribution is -2.22. The number of amides is 1. The van der Waals surface area contributed by atoms with Crippen LogP contribution in [0, 0.1) is 5.82 Å². The van der Waals surface area contributed by atoms with Crippen molar-refractivity contribution >= 4 is 5.91 Å². The first-order valence-electron chi connectivity index (χ1n) is 6.13. The van der Waals surface area contributed by atoms with Crippen molar-refractivity contribution in [3.63, 3.8) is 0 Å². The molecule has 0 fully saturated rings. The van der Waals surface area contributed by atoms with E-state index in [0.717, 1.165) is 0 Å².